The second-order valence-electron chi connectivity index (χ2n) is 9.13. The van der Waals surface area contributed by atoms with Crippen molar-refractivity contribution in [3.63, 3.8) is 0 Å². The minimum absolute atomic E-state index is 0.0279. The molecule has 5 rings (SSSR count). The first-order valence-electron chi connectivity index (χ1n) is 12.1. The van der Waals surface area contributed by atoms with E-state index < -0.39 is 58.6 Å². The third-order valence-electron chi connectivity index (χ3n) is 6.35. The van der Waals surface area contributed by atoms with Gasteiger partial charge in [-0.3, -0.25) is 19.2 Å². The summed E-state index contributed by atoms with van der Waals surface area (Å²) in [5.74, 6) is -5.12. The van der Waals surface area contributed by atoms with Gasteiger partial charge in [0.25, 0.3) is 23.6 Å². The topological polar surface area (TPSA) is 93.2 Å². The van der Waals surface area contributed by atoms with Crippen LogP contribution in [0.25, 0.3) is 0 Å². The molecule has 8 nitrogen and oxygen atoms in total. The first-order valence-corrected chi connectivity index (χ1v) is 12.1. The number of alkyl halides is 6. The maximum atomic E-state index is 14.0. The Hall–Kier alpha value is -5.40. The van der Waals surface area contributed by atoms with Gasteiger partial charge >= 0.3 is 12.4 Å². The molecular formula is C29H16F6N2O6. The molecular weight excluding hydrogens is 586 g/mol. The molecule has 0 bridgehead atoms. The lowest BCUT2D eigenvalue weighted by atomic mass is 10.1. The van der Waals surface area contributed by atoms with Crippen molar-refractivity contribution in [1.29, 1.82) is 0 Å². The summed E-state index contributed by atoms with van der Waals surface area (Å²) in [5.41, 5.74) is -3.30. The summed E-state index contributed by atoms with van der Waals surface area (Å²) in [7, 11) is 0. The molecule has 14 heteroatoms. The number of halogens is 6. The Morgan fingerprint density at radius 3 is 1.21 bits per heavy atom. The molecule has 0 radical (unpaired) electrons. The fourth-order valence-electron chi connectivity index (χ4n) is 4.30. The van der Waals surface area contributed by atoms with E-state index in [-0.39, 0.29) is 28.4 Å². The quantitative estimate of drug-likeness (QED) is 0.237. The second-order valence-corrected chi connectivity index (χ2v) is 9.13. The summed E-state index contributed by atoms with van der Waals surface area (Å²) in [6, 6.07) is 8.89. The third-order valence-corrected chi connectivity index (χ3v) is 6.35. The minimum atomic E-state index is -4.98. The third kappa shape index (κ3) is 5.58. The van der Waals surface area contributed by atoms with Gasteiger partial charge < -0.3 is 9.47 Å². The van der Waals surface area contributed by atoms with Crippen molar-refractivity contribution in [2.75, 3.05) is 9.80 Å². The van der Waals surface area contributed by atoms with Gasteiger partial charge in [-0.2, -0.15) is 26.3 Å². The summed E-state index contributed by atoms with van der Waals surface area (Å²) in [6.45, 7) is 1.34. The Kier molecular flexibility index (Phi) is 7.08. The Bertz CT molecular complexity index is 1600. The van der Waals surface area contributed by atoms with E-state index in [9.17, 15) is 45.5 Å². The van der Waals surface area contributed by atoms with Crippen LogP contribution in [0, 0.1) is 6.92 Å². The van der Waals surface area contributed by atoms with Crippen LogP contribution in [0.1, 0.15) is 16.7 Å². The van der Waals surface area contributed by atoms with Gasteiger partial charge in [0, 0.05) is 29.9 Å². The van der Waals surface area contributed by atoms with Crippen molar-refractivity contribution < 1.29 is 55.0 Å². The van der Waals surface area contributed by atoms with E-state index in [2.05, 4.69) is 0 Å². The van der Waals surface area contributed by atoms with E-state index in [0.717, 1.165) is 48.6 Å². The predicted molar refractivity (Wildman–Crippen MR) is 137 cm³/mol. The molecule has 3 aromatic rings. The zero-order valence-electron chi connectivity index (χ0n) is 21.6. The van der Waals surface area contributed by atoms with Crippen LogP contribution in [-0.4, -0.2) is 23.6 Å². The van der Waals surface area contributed by atoms with Gasteiger partial charge in [0.1, 0.15) is 34.1 Å². The van der Waals surface area contributed by atoms with Crippen molar-refractivity contribution in [1.82, 2.24) is 0 Å². The molecule has 2 heterocycles. The number of anilines is 2. The lowest BCUT2D eigenvalue weighted by molar-refractivity contribution is -0.139. The number of hydrogen-bond acceptors (Lipinski definition) is 6. The lowest BCUT2D eigenvalue weighted by Gasteiger charge is -2.21. The molecule has 0 saturated heterocycles. The Morgan fingerprint density at radius 2 is 0.884 bits per heavy atom. The highest BCUT2D eigenvalue weighted by Crippen LogP contribution is 2.44. The fraction of sp³-hybridized carbons (Fsp3) is 0.103. The number of carbonyl (C=O) groups is 4. The minimum Gasteiger partial charge on any atom is -0.456 e. The van der Waals surface area contributed by atoms with Crippen molar-refractivity contribution in [3.05, 3.63) is 95.6 Å². The lowest BCUT2D eigenvalue weighted by Crippen LogP contribution is -2.29. The van der Waals surface area contributed by atoms with E-state index in [1.807, 2.05) is 0 Å². The van der Waals surface area contributed by atoms with E-state index >= 15 is 0 Å². The summed E-state index contributed by atoms with van der Waals surface area (Å²) >= 11 is 0. The number of nitrogens with zero attached hydrogens (tertiary/aromatic N) is 2. The van der Waals surface area contributed by atoms with Crippen molar-refractivity contribution in [2.45, 2.75) is 19.3 Å². The number of imide groups is 2. The molecule has 43 heavy (non-hydrogen) atoms. The van der Waals surface area contributed by atoms with Crippen LogP contribution in [0.5, 0.6) is 23.0 Å². The first-order chi connectivity index (χ1) is 20.1. The van der Waals surface area contributed by atoms with Crippen LogP contribution >= 0.6 is 0 Å². The predicted octanol–water partition coefficient (Wildman–Crippen LogP) is 6.48. The van der Waals surface area contributed by atoms with E-state index in [1.54, 1.807) is 0 Å². The molecule has 0 atom stereocenters. The average molecular weight is 602 g/mol. The number of ether oxygens (including phenoxy) is 2. The fourth-order valence-corrected chi connectivity index (χ4v) is 4.30. The van der Waals surface area contributed by atoms with Gasteiger partial charge in [0.05, 0.1) is 11.4 Å². The first kappa shape index (κ1) is 29.1. The zero-order chi connectivity index (χ0) is 31.3. The van der Waals surface area contributed by atoms with Crippen molar-refractivity contribution in [2.24, 2.45) is 0 Å². The van der Waals surface area contributed by atoms with Crippen LogP contribution < -0.4 is 19.3 Å². The van der Waals surface area contributed by atoms with Gasteiger partial charge in [-0.25, -0.2) is 9.80 Å². The van der Waals surface area contributed by atoms with Crippen molar-refractivity contribution in [3.8, 4) is 23.0 Å². The normalized spacial score (nSPS) is 15.2. The molecule has 0 N–H and O–H groups in total. The molecule has 0 saturated carbocycles. The van der Waals surface area contributed by atoms with Crippen LogP contribution in [0.15, 0.2) is 78.9 Å². The summed E-state index contributed by atoms with van der Waals surface area (Å²) in [4.78, 5) is 48.9. The highest BCUT2D eigenvalue weighted by atomic mass is 19.4. The Labute approximate surface area is 238 Å². The summed E-state index contributed by atoms with van der Waals surface area (Å²) in [6.07, 6.45) is -6.32. The molecule has 0 fully saturated rings. The molecule has 0 aliphatic carbocycles. The molecule has 0 aromatic heterocycles. The summed E-state index contributed by atoms with van der Waals surface area (Å²) < 4.78 is 94.8. The van der Waals surface area contributed by atoms with Crippen LogP contribution in [-0.2, 0) is 31.5 Å². The number of carbonyl (C=O) groups excluding carboxylic acids is 4. The summed E-state index contributed by atoms with van der Waals surface area (Å²) in [5, 5.41) is 0. The molecule has 3 aromatic carbocycles. The molecule has 2 aliphatic heterocycles. The highest BCUT2D eigenvalue weighted by molar-refractivity contribution is 6.28. The highest BCUT2D eigenvalue weighted by Gasteiger charge is 2.38. The Balaban J connectivity index is 1.47. The molecule has 220 valence electrons. The number of hydrogen-bond donors (Lipinski definition) is 0. The smallest absolute Gasteiger partial charge is 0.420 e. The zero-order valence-corrected chi connectivity index (χ0v) is 21.6. The molecule has 0 unspecified atom stereocenters. The number of benzene rings is 3. The molecule has 4 amide bonds. The maximum absolute atomic E-state index is 14.0. The van der Waals surface area contributed by atoms with Gasteiger partial charge in [-0.05, 0) is 55.5 Å². The average Bonchev–Trinajstić information content (AvgIpc) is 3.44. The molecule has 0 spiro atoms. The largest absolute Gasteiger partial charge is 0.456 e. The standard InChI is InChI=1S/C29H16F6N2O6/c1-15-20(42-22-7-5-16(13-18(22)28(30,31)32)36-24(38)9-10-25(36)39)3-2-4-21(15)43-23-8-6-17(14-19(23)29(33,34)35)37-26(40)11-12-27(37)41/h2-14H,1H3. The molecule has 2 aliphatic rings. The van der Waals surface area contributed by atoms with Gasteiger partial charge in [0.2, 0.25) is 0 Å². The van der Waals surface area contributed by atoms with E-state index in [4.69, 9.17) is 9.47 Å². The van der Waals surface area contributed by atoms with Gasteiger partial charge in [-0.15, -0.1) is 0 Å². The SMILES string of the molecule is Cc1c(Oc2ccc(N3C(=O)C=CC3=O)cc2C(F)(F)F)cccc1Oc1ccc(N2C(=O)C=CC2=O)cc1C(F)(F)F. The van der Waals surface area contributed by atoms with Gasteiger partial charge in [0.15, 0.2) is 0 Å². The monoisotopic (exact) mass is 602 g/mol. The maximum Gasteiger partial charge on any atom is 0.420 e. The van der Waals surface area contributed by atoms with Crippen LogP contribution in [0.3, 0.4) is 0 Å². The second kappa shape index (κ2) is 10.5. The van der Waals surface area contributed by atoms with Gasteiger partial charge in [-0.1, -0.05) is 6.07 Å². The van der Waals surface area contributed by atoms with E-state index in [0.29, 0.717) is 21.9 Å². The van der Waals surface area contributed by atoms with Crippen LogP contribution in [0.4, 0.5) is 37.7 Å². The number of amides is 4. The Morgan fingerprint density at radius 1 is 0.535 bits per heavy atom. The van der Waals surface area contributed by atoms with Crippen molar-refractivity contribution >= 4 is 35.0 Å². The van der Waals surface area contributed by atoms with E-state index in [1.165, 1.54) is 25.1 Å². The number of rotatable bonds is 6. The van der Waals surface area contributed by atoms with Crippen LogP contribution in [0.2, 0.25) is 0 Å².